The highest BCUT2D eigenvalue weighted by Crippen LogP contribution is 2.15. The fourth-order valence-corrected chi connectivity index (χ4v) is 4.87. The number of aliphatic hydroxyl groups is 1. The van der Waals surface area contributed by atoms with Gasteiger partial charge in [0.1, 0.15) is 6.29 Å². The molecule has 1 rings (SSSR count). The Kier molecular flexibility index (Phi) is 34.2. The molecule has 0 aromatic heterocycles. The van der Waals surface area contributed by atoms with Crippen LogP contribution >= 0.6 is 0 Å². The lowest BCUT2D eigenvalue weighted by atomic mass is 10.0. The number of carbonyl (C=O) groups is 2. The molecule has 0 saturated carbocycles. The minimum atomic E-state index is -0.161. The second-order valence-corrected chi connectivity index (χ2v) is 10.8. The first-order valence-corrected chi connectivity index (χ1v) is 16.7. The van der Waals surface area contributed by atoms with Crippen LogP contribution in [-0.2, 0) is 14.3 Å². The third-order valence-electron chi connectivity index (χ3n) is 7.40. The first-order chi connectivity index (χ1) is 19.1. The fraction of sp³-hybridized carbons (Fsp3) is 0.939. The van der Waals surface area contributed by atoms with Gasteiger partial charge in [-0.3, -0.25) is 4.79 Å². The lowest BCUT2D eigenvalue weighted by Crippen LogP contribution is -2.37. The van der Waals surface area contributed by atoms with Crippen molar-refractivity contribution in [3.05, 3.63) is 0 Å². The van der Waals surface area contributed by atoms with E-state index in [-0.39, 0.29) is 18.6 Å². The maximum atomic E-state index is 11.9. The van der Waals surface area contributed by atoms with Crippen LogP contribution in [-0.4, -0.2) is 67.7 Å². The van der Waals surface area contributed by atoms with Crippen molar-refractivity contribution in [3.8, 4) is 0 Å². The molecule has 6 nitrogen and oxygen atoms in total. The van der Waals surface area contributed by atoms with Crippen LogP contribution in [0.1, 0.15) is 156 Å². The Hall–Kier alpha value is -0.980. The SMILES string of the molecule is CC.CCCCCCCCCCCCCCCC(=O)NC(CO)CCCCC=O.CCOCC1CCCN1C. The highest BCUT2D eigenvalue weighted by atomic mass is 16.5. The average Bonchev–Trinajstić information content (AvgIpc) is 3.37. The third-order valence-corrected chi connectivity index (χ3v) is 7.40. The van der Waals surface area contributed by atoms with Gasteiger partial charge in [0.25, 0.3) is 0 Å². The monoisotopic (exact) mass is 557 g/mol. The fourth-order valence-electron chi connectivity index (χ4n) is 4.87. The Morgan fingerprint density at radius 2 is 1.49 bits per heavy atom. The van der Waals surface area contributed by atoms with E-state index >= 15 is 0 Å². The molecule has 39 heavy (non-hydrogen) atoms. The number of ether oxygens (including phenoxy) is 1. The van der Waals surface area contributed by atoms with Crippen LogP contribution in [0, 0.1) is 0 Å². The second-order valence-electron chi connectivity index (χ2n) is 10.8. The Morgan fingerprint density at radius 1 is 0.923 bits per heavy atom. The molecule has 1 aliphatic rings. The maximum Gasteiger partial charge on any atom is 0.220 e. The summed E-state index contributed by atoms with van der Waals surface area (Å²) in [5.41, 5.74) is 0. The van der Waals surface area contributed by atoms with Crippen LogP contribution in [0.3, 0.4) is 0 Å². The number of rotatable bonds is 24. The van der Waals surface area contributed by atoms with Crippen LogP contribution in [0.15, 0.2) is 0 Å². The van der Waals surface area contributed by atoms with E-state index in [9.17, 15) is 14.7 Å². The quantitative estimate of drug-likeness (QED) is 0.0935. The maximum absolute atomic E-state index is 11.9. The van der Waals surface area contributed by atoms with E-state index in [0.717, 1.165) is 51.6 Å². The molecular formula is C33H68N2O4. The molecule has 1 saturated heterocycles. The average molecular weight is 557 g/mol. The van der Waals surface area contributed by atoms with Gasteiger partial charge in [0.15, 0.2) is 0 Å². The number of aldehydes is 1. The highest BCUT2D eigenvalue weighted by Gasteiger charge is 2.20. The van der Waals surface area contributed by atoms with Crippen molar-refractivity contribution >= 4 is 12.2 Å². The summed E-state index contributed by atoms with van der Waals surface area (Å²) in [4.78, 5) is 24.6. The summed E-state index contributed by atoms with van der Waals surface area (Å²) in [5, 5.41) is 12.2. The van der Waals surface area contributed by atoms with E-state index in [2.05, 4.69) is 31.1 Å². The molecule has 0 aromatic carbocycles. The van der Waals surface area contributed by atoms with Crippen LogP contribution in [0.25, 0.3) is 0 Å². The largest absolute Gasteiger partial charge is 0.394 e. The van der Waals surface area contributed by atoms with Gasteiger partial charge >= 0.3 is 0 Å². The molecule has 0 bridgehead atoms. The predicted octanol–water partition coefficient (Wildman–Crippen LogP) is 7.85. The molecule has 234 valence electrons. The van der Waals surface area contributed by atoms with Gasteiger partial charge in [0, 0.05) is 25.5 Å². The van der Waals surface area contributed by atoms with Gasteiger partial charge in [0.2, 0.25) is 5.91 Å². The van der Waals surface area contributed by atoms with Crippen molar-refractivity contribution in [2.24, 2.45) is 0 Å². The van der Waals surface area contributed by atoms with E-state index < -0.39 is 0 Å². The minimum absolute atomic E-state index is 0.0224. The molecule has 0 spiro atoms. The second kappa shape index (κ2) is 33.2. The summed E-state index contributed by atoms with van der Waals surface area (Å²) >= 11 is 0. The van der Waals surface area contributed by atoms with Crippen LogP contribution in [0.2, 0.25) is 0 Å². The van der Waals surface area contributed by atoms with Crippen LogP contribution < -0.4 is 5.32 Å². The Morgan fingerprint density at radius 3 is 1.95 bits per heavy atom. The molecule has 1 heterocycles. The lowest BCUT2D eigenvalue weighted by molar-refractivity contribution is -0.122. The zero-order valence-electron chi connectivity index (χ0n) is 26.8. The van der Waals surface area contributed by atoms with Crippen molar-refractivity contribution in [1.29, 1.82) is 0 Å². The smallest absolute Gasteiger partial charge is 0.220 e. The Bertz CT molecular complexity index is 504. The lowest BCUT2D eigenvalue weighted by Gasteiger charge is -2.18. The van der Waals surface area contributed by atoms with Gasteiger partial charge in [-0.2, -0.15) is 0 Å². The van der Waals surface area contributed by atoms with Crippen molar-refractivity contribution in [2.45, 2.75) is 168 Å². The minimum Gasteiger partial charge on any atom is -0.394 e. The number of nitrogens with one attached hydrogen (secondary N) is 1. The first-order valence-electron chi connectivity index (χ1n) is 16.7. The molecule has 1 aliphatic heterocycles. The van der Waals surface area contributed by atoms with E-state index in [1.54, 1.807) is 0 Å². The van der Waals surface area contributed by atoms with Gasteiger partial charge in [-0.1, -0.05) is 104 Å². The molecular weight excluding hydrogens is 488 g/mol. The number of aliphatic hydroxyl groups excluding tert-OH is 1. The van der Waals surface area contributed by atoms with Crippen LogP contribution in [0.4, 0.5) is 0 Å². The number of nitrogens with zero attached hydrogens (tertiary/aromatic N) is 1. The molecule has 2 atom stereocenters. The molecule has 0 aliphatic carbocycles. The summed E-state index contributed by atoms with van der Waals surface area (Å²) in [6.07, 6.45) is 24.1. The zero-order chi connectivity index (χ0) is 29.4. The molecule has 2 N–H and O–H groups in total. The summed E-state index contributed by atoms with van der Waals surface area (Å²) < 4.78 is 5.35. The molecule has 1 amide bonds. The zero-order valence-corrected chi connectivity index (χ0v) is 26.8. The van der Waals surface area contributed by atoms with Crippen molar-refractivity contribution in [1.82, 2.24) is 10.2 Å². The van der Waals surface area contributed by atoms with Crippen molar-refractivity contribution in [2.75, 3.05) is 33.4 Å². The first kappa shape index (κ1) is 40.2. The number of carbonyl (C=O) groups excluding carboxylic acids is 2. The van der Waals surface area contributed by atoms with Gasteiger partial charge in [-0.15, -0.1) is 0 Å². The van der Waals surface area contributed by atoms with Crippen molar-refractivity contribution in [3.63, 3.8) is 0 Å². The summed E-state index contributed by atoms with van der Waals surface area (Å²) in [5.74, 6) is 0.0486. The van der Waals surface area contributed by atoms with Crippen LogP contribution in [0.5, 0.6) is 0 Å². The van der Waals surface area contributed by atoms with E-state index in [4.69, 9.17) is 4.74 Å². The third kappa shape index (κ3) is 28.3. The van der Waals surface area contributed by atoms with Gasteiger partial charge in [0.05, 0.1) is 19.3 Å². The number of amides is 1. The number of likely N-dealkylation sites (tertiary alicyclic amines) is 1. The summed E-state index contributed by atoms with van der Waals surface area (Å²) in [6, 6.07) is 0.533. The molecule has 1 fully saturated rings. The highest BCUT2D eigenvalue weighted by molar-refractivity contribution is 5.76. The van der Waals surface area contributed by atoms with E-state index in [0.29, 0.717) is 18.9 Å². The number of likely N-dealkylation sites (N-methyl/N-ethyl adjacent to an activating group) is 1. The molecule has 6 heteroatoms. The standard InChI is InChI=1S/C23H45NO3.C8H17NO.C2H6/c1-2-3-4-5-6-7-8-9-10-11-12-13-16-19-23(27)24-22(21-26)18-15-14-17-20-25;1-3-10-7-8-5-4-6-9(8)2;1-2/h20,22,26H,2-19,21H2,1H3,(H,24,27);8H,3-7H2,1-2H3;1-2H3. The van der Waals surface area contributed by atoms with E-state index in [1.807, 2.05) is 13.8 Å². The van der Waals surface area contributed by atoms with Crippen molar-refractivity contribution < 1.29 is 19.4 Å². The normalized spacial score (nSPS) is 15.6. The van der Waals surface area contributed by atoms with Gasteiger partial charge < -0.3 is 24.9 Å². The van der Waals surface area contributed by atoms with Gasteiger partial charge in [-0.25, -0.2) is 0 Å². The molecule has 0 aromatic rings. The van der Waals surface area contributed by atoms with Gasteiger partial charge in [-0.05, 0) is 52.6 Å². The Labute approximate surface area is 243 Å². The Balaban J connectivity index is 0. The summed E-state index contributed by atoms with van der Waals surface area (Å²) in [6.45, 7) is 11.3. The molecule has 0 radical (unpaired) electrons. The number of hydrogen-bond acceptors (Lipinski definition) is 5. The number of unbranched alkanes of at least 4 members (excludes halogenated alkanes) is 14. The summed E-state index contributed by atoms with van der Waals surface area (Å²) in [7, 11) is 2.18. The number of hydrogen-bond donors (Lipinski definition) is 2. The van der Waals surface area contributed by atoms with E-state index in [1.165, 1.54) is 90.0 Å². The topological polar surface area (TPSA) is 78.9 Å². The predicted molar refractivity (Wildman–Crippen MR) is 167 cm³/mol. The molecule has 2 unspecified atom stereocenters.